The van der Waals surface area contributed by atoms with Crippen LogP contribution in [0.3, 0.4) is 0 Å². The Labute approximate surface area is 121 Å². The van der Waals surface area contributed by atoms with E-state index in [4.69, 9.17) is 9.47 Å². The fourth-order valence-corrected chi connectivity index (χ4v) is 2.06. The summed E-state index contributed by atoms with van der Waals surface area (Å²) in [5, 5.41) is 0. The van der Waals surface area contributed by atoms with Crippen LogP contribution in [0.1, 0.15) is 16.2 Å². The van der Waals surface area contributed by atoms with Crippen molar-refractivity contribution in [3.05, 3.63) is 53.9 Å². The van der Waals surface area contributed by atoms with E-state index < -0.39 is 0 Å². The molecule has 3 rings (SSSR count). The number of hydrogen-bond acceptors (Lipinski definition) is 4. The topological polar surface area (TPSA) is 64.2 Å². The van der Waals surface area contributed by atoms with Gasteiger partial charge in [-0.15, -0.1) is 0 Å². The molecule has 0 atom stereocenters. The van der Waals surface area contributed by atoms with E-state index in [1.165, 1.54) is 0 Å². The van der Waals surface area contributed by atoms with Gasteiger partial charge in [0.1, 0.15) is 30.2 Å². The molecule has 1 aromatic heterocycles. The first-order valence-corrected chi connectivity index (χ1v) is 6.49. The number of hydrogen-bond donors (Lipinski definition) is 1. The maximum Gasteiger partial charge on any atom is 0.150 e. The number of aromatic amines is 1. The third kappa shape index (κ3) is 2.86. The molecule has 0 aliphatic heterocycles. The van der Waals surface area contributed by atoms with Crippen LogP contribution >= 0.6 is 0 Å². The van der Waals surface area contributed by atoms with E-state index in [0.717, 1.165) is 23.1 Å². The number of rotatable bonds is 5. The van der Waals surface area contributed by atoms with Crippen LogP contribution in [0.2, 0.25) is 0 Å². The number of methoxy groups -OCH3 is 1. The molecule has 0 saturated heterocycles. The summed E-state index contributed by atoms with van der Waals surface area (Å²) in [6.45, 7) is 0.318. The predicted molar refractivity (Wildman–Crippen MR) is 78.8 cm³/mol. The number of imidazole rings is 1. The maximum absolute atomic E-state index is 10.8. The van der Waals surface area contributed by atoms with E-state index in [0.29, 0.717) is 23.7 Å². The first kappa shape index (κ1) is 13.2. The Morgan fingerprint density at radius 3 is 2.86 bits per heavy atom. The van der Waals surface area contributed by atoms with E-state index in [-0.39, 0.29) is 0 Å². The summed E-state index contributed by atoms with van der Waals surface area (Å²) in [4.78, 5) is 18.3. The van der Waals surface area contributed by atoms with Crippen molar-refractivity contribution < 1.29 is 14.3 Å². The highest BCUT2D eigenvalue weighted by molar-refractivity contribution is 5.84. The molecule has 5 heteroatoms. The van der Waals surface area contributed by atoms with E-state index in [9.17, 15) is 4.79 Å². The molecule has 0 aliphatic carbocycles. The number of ether oxygens (including phenoxy) is 2. The van der Waals surface area contributed by atoms with Gasteiger partial charge in [0.2, 0.25) is 0 Å². The van der Waals surface area contributed by atoms with Crippen LogP contribution in [0.15, 0.2) is 42.5 Å². The monoisotopic (exact) mass is 282 g/mol. The van der Waals surface area contributed by atoms with Crippen LogP contribution < -0.4 is 9.47 Å². The van der Waals surface area contributed by atoms with Crippen LogP contribution in [0.5, 0.6) is 11.5 Å². The van der Waals surface area contributed by atoms with E-state index in [2.05, 4.69) is 9.97 Å². The second kappa shape index (κ2) is 5.66. The van der Waals surface area contributed by atoms with Crippen molar-refractivity contribution in [3.8, 4) is 11.5 Å². The Bertz CT molecular complexity index is 780. The minimum absolute atomic E-state index is 0.318. The largest absolute Gasteiger partial charge is 0.497 e. The number of carbonyl (C=O) groups excluding carboxylic acids is 1. The Balaban J connectivity index is 1.76. The number of aromatic nitrogens is 2. The summed E-state index contributed by atoms with van der Waals surface area (Å²) in [6.07, 6.45) is 0.812. The molecule has 0 unspecified atom stereocenters. The average molecular weight is 282 g/mol. The van der Waals surface area contributed by atoms with Crippen LogP contribution in [-0.2, 0) is 6.61 Å². The zero-order valence-corrected chi connectivity index (χ0v) is 11.5. The van der Waals surface area contributed by atoms with Gasteiger partial charge in [-0.25, -0.2) is 4.98 Å². The van der Waals surface area contributed by atoms with Crippen LogP contribution in [0, 0.1) is 0 Å². The minimum Gasteiger partial charge on any atom is -0.497 e. The van der Waals surface area contributed by atoms with Crippen molar-refractivity contribution in [3.63, 3.8) is 0 Å². The smallest absolute Gasteiger partial charge is 0.150 e. The second-order valence-electron chi connectivity index (χ2n) is 4.55. The van der Waals surface area contributed by atoms with Gasteiger partial charge < -0.3 is 14.5 Å². The molecule has 0 bridgehead atoms. The number of fused-ring (bicyclic) bond motifs is 1. The molecule has 1 heterocycles. The fraction of sp³-hybridized carbons (Fsp3) is 0.125. The van der Waals surface area contributed by atoms with Gasteiger partial charge in [0.25, 0.3) is 0 Å². The van der Waals surface area contributed by atoms with Gasteiger partial charge in [-0.3, -0.25) is 4.79 Å². The quantitative estimate of drug-likeness (QED) is 0.731. The molecular weight excluding hydrogens is 268 g/mol. The van der Waals surface area contributed by atoms with E-state index in [1.54, 1.807) is 19.2 Å². The van der Waals surface area contributed by atoms with Crippen molar-refractivity contribution in [2.45, 2.75) is 6.61 Å². The SMILES string of the molecule is COc1cccc(OCc2nc3ccc(C=O)cc3[nH]2)c1. The first-order chi connectivity index (χ1) is 10.3. The summed E-state index contributed by atoms with van der Waals surface area (Å²) in [5.74, 6) is 2.16. The highest BCUT2D eigenvalue weighted by Gasteiger charge is 2.05. The summed E-state index contributed by atoms with van der Waals surface area (Å²) < 4.78 is 10.8. The molecule has 0 aliphatic rings. The summed E-state index contributed by atoms with van der Waals surface area (Å²) >= 11 is 0. The molecule has 3 aromatic rings. The molecule has 21 heavy (non-hydrogen) atoms. The first-order valence-electron chi connectivity index (χ1n) is 6.49. The zero-order valence-electron chi connectivity index (χ0n) is 11.5. The number of nitrogens with zero attached hydrogens (tertiary/aromatic N) is 1. The lowest BCUT2D eigenvalue weighted by Crippen LogP contribution is -1.97. The molecular formula is C16H14N2O3. The fourth-order valence-electron chi connectivity index (χ4n) is 2.06. The molecule has 0 radical (unpaired) electrons. The van der Waals surface area contributed by atoms with E-state index >= 15 is 0 Å². The van der Waals surface area contributed by atoms with Crippen LogP contribution in [0.4, 0.5) is 0 Å². The molecule has 0 amide bonds. The third-order valence-corrected chi connectivity index (χ3v) is 3.11. The van der Waals surface area contributed by atoms with Gasteiger partial charge in [-0.2, -0.15) is 0 Å². The van der Waals surface area contributed by atoms with Gasteiger partial charge in [0.05, 0.1) is 18.1 Å². The highest BCUT2D eigenvalue weighted by atomic mass is 16.5. The van der Waals surface area contributed by atoms with Crippen molar-refractivity contribution in [1.29, 1.82) is 0 Å². The molecule has 106 valence electrons. The third-order valence-electron chi connectivity index (χ3n) is 3.11. The molecule has 2 aromatic carbocycles. The summed E-state index contributed by atoms with van der Waals surface area (Å²) in [6, 6.07) is 12.7. The normalized spacial score (nSPS) is 10.5. The molecule has 5 nitrogen and oxygen atoms in total. The van der Waals surface area contributed by atoms with E-state index in [1.807, 2.05) is 30.3 Å². The number of carbonyl (C=O) groups is 1. The molecule has 0 saturated carbocycles. The average Bonchev–Trinajstić information content (AvgIpc) is 2.95. The van der Waals surface area contributed by atoms with Gasteiger partial charge in [0.15, 0.2) is 0 Å². The Kier molecular flexibility index (Phi) is 3.55. The number of H-pyrrole nitrogens is 1. The summed E-state index contributed by atoms with van der Waals surface area (Å²) in [7, 11) is 1.61. The molecule has 0 spiro atoms. The lowest BCUT2D eigenvalue weighted by Gasteiger charge is -2.05. The predicted octanol–water partition coefficient (Wildman–Crippen LogP) is 2.96. The van der Waals surface area contributed by atoms with Gasteiger partial charge in [0, 0.05) is 11.6 Å². The molecule has 1 N–H and O–H groups in total. The number of nitrogens with one attached hydrogen (secondary N) is 1. The van der Waals surface area contributed by atoms with Gasteiger partial charge >= 0.3 is 0 Å². The van der Waals surface area contributed by atoms with Crippen molar-refractivity contribution in [2.24, 2.45) is 0 Å². The van der Waals surface area contributed by atoms with Crippen molar-refractivity contribution >= 4 is 17.3 Å². The Morgan fingerprint density at radius 1 is 1.19 bits per heavy atom. The van der Waals surface area contributed by atoms with Crippen molar-refractivity contribution in [2.75, 3.05) is 7.11 Å². The number of benzene rings is 2. The highest BCUT2D eigenvalue weighted by Crippen LogP contribution is 2.20. The number of aldehydes is 1. The molecule has 0 fully saturated rings. The second-order valence-corrected chi connectivity index (χ2v) is 4.55. The lowest BCUT2D eigenvalue weighted by atomic mass is 10.2. The van der Waals surface area contributed by atoms with Gasteiger partial charge in [-0.05, 0) is 30.3 Å². The van der Waals surface area contributed by atoms with Crippen LogP contribution in [0.25, 0.3) is 11.0 Å². The maximum atomic E-state index is 10.8. The minimum atomic E-state index is 0.318. The lowest BCUT2D eigenvalue weighted by molar-refractivity contribution is 0.112. The standard InChI is InChI=1S/C16H14N2O3/c1-20-12-3-2-4-13(8-12)21-10-16-17-14-6-5-11(9-19)7-15(14)18-16/h2-9H,10H2,1H3,(H,17,18). The Hall–Kier alpha value is -2.82. The van der Waals surface area contributed by atoms with Crippen LogP contribution in [-0.4, -0.2) is 23.4 Å². The van der Waals surface area contributed by atoms with Crippen molar-refractivity contribution in [1.82, 2.24) is 9.97 Å². The van der Waals surface area contributed by atoms with Gasteiger partial charge in [-0.1, -0.05) is 6.07 Å². The Morgan fingerprint density at radius 2 is 2.05 bits per heavy atom. The zero-order chi connectivity index (χ0) is 14.7. The summed E-state index contributed by atoms with van der Waals surface area (Å²) in [5.41, 5.74) is 2.25.